The number of anilines is 1. The van der Waals surface area contributed by atoms with Crippen molar-refractivity contribution in [3.05, 3.63) is 29.8 Å². The Hall–Kier alpha value is -2.02. The average molecular weight is 217 g/mol. The Morgan fingerprint density at radius 2 is 2.31 bits per heavy atom. The molecule has 0 heterocycles. The number of carbonyl (C=O) groups is 1. The van der Waals surface area contributed by atoms with Crippen LogP contribution in [0.3, 0.4) is 0 Å². The summed E-state index contributed by atoms with van der Waals surface area (Å²) in [4.78, 5) is 13.2. The van der Waals surface area contributed by atoms with E-state index in [1.54, 1.807) is 36.2 Å². The largest absolute Gasteiger partial charge is 0.328 e. The molecule has 0 saturated heterocycles. The minimum absolute atomic E-state index is 0.156. The standard InChI is InChI=1S/C12H15N3O/c1-3-7-15(2)12(16)14-11-6-4-5-10(8-11)9-13/h4-6,8H,3,7H2,1-2H3,(H,14,16). The van der Waals surface area contributed by atoms with Gasteiger partial charge in [-0.25, -0.2) is 4.79 Å². The lowest BCUT2D eigenvalue weighted by molar-refractivity contribution is 0.222. The highest BCUT2D eigenvalue weighted by Gasteiger charge is 2.07. The maximum atomic E-state index is 11.6. The van der Waals surface area contributed by atoms with Crippen LogP contribution in [0.2, 0.25) is 0 Å². The quantitative estimate of drug-likeness (QED) is 0.845. The van der Waals surface area contributed by atoms with Crippen LogP contribution in [0.15, 0.2) is 24.3 Å². The number of hydrogen-bond acceptors (Lipinski definition) is 2. The predicted octanol–water partition coefficient (Wildman–Crippen LogP) is 2.43. The van der Waals surface area contributed by atoms with Crippen LogP contribution in [-0.4, -0.2) is 24.5 Å². The molecule has 0 bridgehead atoms. The highest BCUT2D eigenvalue weighted by atomic mass is 16.2. The zero-order valence-corrected chi connectivity index (χ0v) is 9.53. The summed E-state index contributed by atoms with van der Waals surface area (Å²) < 4.78 is 0. The van der Waals surface area contributed by atoms with E-state index in [1.165, 1.54) is 0 Å². The van der Waals surface area contributed by atoms with Crippen LogP contribution < -0.4 is 5.32 Å². The number of nitrogens with one attached hydrogen (secondary N) is 1. The van der Waals surface area contributed by atoms with Gasteiger partial charge in [-0.05, 0) is 24.6 Å². The van der Waals surface area contributed by atoms with Gasteiger partial charge in [-0.15, -0.1) is 0 Å². The third kappa shape index (κ3) is 3.28. The van der Waals surface area contributed by atoms with Gasteiger partial charge in [0.05, 0.1) is 11.6 Å². The minimum Gasteiger partial charge on any atom is -0.328 e. The van der Waals surface area contributed by atoms with Crippen molar-refractivity contribution in [1.29, 1.82) is 5.26 Å². The Balaban J connectivity index is 2.66. The normalized spacial score (nSPS) is 9.31. The Bertz CT molecular complexity index is 409. The molecule has 0 aliphatic rings. The fourth-order valence-corrected chi connectivity index (χ4v) is 1.32. The molecule has 2 amide bonds. The van der Waals surface area contributed by atoms with Crippen LogP contribution in [0.4, 0.5) is 10.5 Å². The summed E-state index contributed by atoms with van der Waals surface area (Å²) in [6.07, 6.45) is 0.919. The lowest BCUT2D eigenvalue weighted by atomic mass is 10.2. The van der Waals surface area contributed by atoms with Crippen molar-refractivity contribution in [2.75, 3.05) is 18.9 Å². The van der Waals surface area contributed by atoms with E-state index in [1.807, 2.05) is 13.0 Å². The molecule has 0 radical (unpaired) electrons. The number of hydrogen-bond donors (Lipinski definition) is 1. The average Bonchev–Trinajstić information content (AvgIpc) is 2.29. The first kappa shape index (κ1) is 12.1. The summed E-state index contributed by atoms with van der Waals surface area (Å²) in [6.45, 7) is 2.73. The fourth-order valence-electron chi connectivity index (χ4n) is 1.32. The zero-order valence-electron chi connectivity index (χ0n) is 9.53. The molecule has 0 spiro atoms. The first-order chi connectivity index (χ1) is 7.67. The Labute approximate surface area is 95.5 Å². The monoisotopic (exact) mass is 217 g/mol. The van der Waals surface area contributed by atoms with Gasteiger partial charge in [0.1, 0.15) is 0 Å². The number of rotatable bonds is 3. The number of urea groups is 1. The van der Waals surface area contributed by atoms with Crippen molar-refractivity contribution in [3.8, 4) is 6.07 Å². The molecule has 4 nitrogen and oxygen atoms in total. The lowest BCUT2D eigenvalue weighted by Crippen LogP contribution is -2.31. The number of amides is 2. The molecule has 84 valence electrons. The van der Waals surface area contributed by atoms with Crippen molar-refractivity contribution in [1.82, 2.24) is 4.90 Å². The van der Waals surface area contributed by atoms with E-state index in [0.717, 1.165) is 6.42 Å². The predicted molar refractivity (Wildman–Crippen MR) is 63.1 cm³/mol. The SMILES string of the molecule is CCCN(C)C(=O)Nc1cccc(C#N)c1. The number of nitriles is 1. The molecule has 4 heteroatoms. The molecule has 1 aromatic rings. The highest BCUT2D eigenvalue weighted by molar-refractivity contribution is 5.89. The number of carbonyl (C=O) groups excluding carboxylic acids is 1. The molecule has 0 saturated carbocycles. The van der Waals surface area contributed by atoms with Gasteiger partial charge in [-0.2, -0.15) is 5.26 Å². The maximum Gasteiger partial charge on any atom is 0.321 e. The zero-order chi connectivity index (χ0) is 12.0. The van der Waals surface area contributed by atoms with Gasteiger partial charge in [-0.3, -0.25) is 0 Å². The first-order valence-electron chi connectivity index (χ1n) is 5.19. The summed E-state index contributed by atoms with van der Waals surface area (Å²) in [5.74, 6) is 0. The van der Waals surface area contributed by atoms with Gasteiger partial charge in [0.15, 0.2) is 0 Å². The van der Waals surface area contributed by atoms with Crippen LogP contribution in [0.1, 0.15) is 18.9 Å². The molecule has 0 atom stereocenters. The Morgan fingerprint density at radius 1 is 1.56 bits per heavy atom. The Kier molecular flexibility index (Phi) is 4.34. The molecule has 1 N–H and O–H groups in total. The molecule has 0 aliphatic carbocycles. The van der Waals surface area contributed by atoms with E-state index >= 15 is 0 Å². The molecule has 0 aliphatic heterocycles. The summed E-state index contributed by atoms with van der Waals surface area (Å²) >= 11 is 0. The van der Waals surface area contributed by atoms with Gasteiger partial charge in [0.25, 0.3) is 0 Å². The van der Waals surface area contributed by atoms with Crippen molar-refractivity contribution < 1.29 is 4.79 Å². The summed E-state index contributed by atoms with van der Waals surface area (Å²) in [5, 5.41) is 11.5. The van der Waals surface area contributed by atoms with E-state index in [-0.39, 0.29) is 6.03 Å². The van der Waals surface area contributed by atoms with Gasteiger partial charge in [0.2, 0.25) is 0 Å². The van der Waals surface area contributed by atoms with E-state index in [0.29, 0.717) is 17.8 Å². The fraction of sp³-hybridized carbons (Fsp3) is 0.333. The molecule has 0 aromatic heterocycles. The Morgan fingerprint density at radius 3 is 2.94 bits per heavy atom. The van der Waals surface area contributed by atoms with Crippen LogP contribution in [0.25, 0.3) is 0 Å². The van der Waals surface area contributed by atoms with E-state index in [2.05, 4.69) is 5.32 Å². The topological polar surface area (TPSA) is 56.1 Å². The molecular formula is C12H15N3O. The van der Waals surface area contributed by atoms with Gasteiger partial charge in [0, 0.05) is 19.3 Å². The minimum atomic E-state index is -0.156. The highest BCUT2D eigenvalue weighted by Crippen LogP contribution is 2.10. The van der Waals surface area contributed by atoms with E-state index in [4.69, 9.17) is 5.26 Å². The molecule has 1 aromatic carbocycles. The molecule has 0 unspecified atom stereocenters. The van der Waals surface area contributed by atoms with Gasteiger partial charge >= 0.3 is 6.03 Å². The second-order valence-electron chi connectivity index (χ2n) is 3.54. The number of nitrogens with zero attached hydrogens (tertiary/aromatic N) is 2. The molecule has 1 rings (SSSR count). The van der Waals surface area contributed by atoms with Crippen molar-refractivity contribution in [3.63, 3.8) is 0 Å². The maximum absolute atomic E-state index is 11.6. The molecular weight excluding hydrogens is 202 g/mol. The van der Waals surface area contributed by atoms with E-state index < -0.39 is 0 Å². The first-order valence-corrected chi connectivity index (χ1v) is 5.19. The van der Waals surface area contributed by atoms with Crippen LogP contribution in [0.5, 0.6) is 0 Å². The number of benzene rings is 1. The second-order valence-corrected chi connectivity index (χ2v) is 3.54. The van der Waals surface area contributed by atoms with Crippen molar-refractivity contribution in [2.45, 2.75) is 13.3 Å². The molecule has 0 fully saturated rings. The van der Waals surface area contributed by atoms with Crippen molar-refractivity contribution in [2.24, 2.45) is 0 Å². The lowest BCUT2D eigenvalue weighted by Gasteiger charge is -2.16. The van der Waals surface area contributed by atoms with E-state index in [9.17, 15) is 4.79 Å². The summed E-state index contributed by atoms with van der Waals surface area (Å²) in [6, 6.07) is 8.73. The smallest absolute Gasteiger partial charge is 0.321 e. The summed E-state index contributed by atoms with van der Waals surface area (Å²) in [7, 11) is 1.74. The molecule has 16 heavy (non-hydrogen) atoms. The van der Waals surface area contributed by atoms with Crippen molar-refractivity contribution >= 4 is 11.7 Å². The second kappa shape index (κ2) is 5.76. The van der Waals surface area contributed by atoms with Crippen LogP contribution in [0, 0.1) is 11.3 Å². The van der Waals surface area contributed by atoms with Gasteiger partial charge in [-0.1, -0.05) is 13.0 Å². The van der Waals surface area contributed by atoms with Crippen LogP contribution >= 0.6 is 0 Å². The third-order valence-corrected chi connectivity index (χ3v) is 2.15. The van der Waals surface area contributed by atoms with Crippen LogP contribution in [-0.2, 0) is 0 Å². The summed E-state index contributed by atoms with van der Waals surface area (Å²) in [5.41, 5.74) is 1.18. The third-order valence-electron chi connectivity index (χ3n) is 2.15. The van der Waals surface area contributed by atoms with Gasteiger partial charge < -0.3 is 10.2 Å².